The van der Waals surface area contributed by atoms with E-state index in [-0.39, 0.29) is 16.2 Å². The highest BCUT2D eigenvalue weighted by Crippen LogP contribution is 2.28. The smallest absolute Gasteiger partial charge is 0.255 e. The fraction of sp³-hybridized carbons (Fsp3) is 0.0769. The minimum Gasteiger partial charge on any atom is -0.496 e. The summed E-state index contributed by atoms with van der Waals surface area (Å²) < 4.78 is 30.1. The molecule has 0 aliphatic heterocycles. The van der Waals surface area contributed by atoms with Crippen molar-refractivity contribution < 1.29 is 17.9 Å². The molecule has 0 aliphatic rings. The molecule has 2 aromatic rings. The first-order valence-electron chi connectivity index (χ1n) is 5.71. The van der Waals surface area contributed by atoms with E-state index in [0.717, 1.165) is 0 Å². The summed E-state index contributed by atoms with van der Waals surface area (Å²) >= 11 is 5.73. The molecular formula is C13H11ClN2O4S. The quantitative estimate of drug-likeness (QED) is 0.921. The highest BCUT2D eigenvalue weighted by atomic mass is 35.5. The number of methoxy groups -OCH3 is 1. The molecule has 110 valence electrons. The van der Waals surface area contributed by atoms with Crippen LogP contribution in [0.5, 0.6) is 5.75 Å². The minimum atomic E-state index is -4.01. The Balaban J connectivity index is 2.71. The number of aromatic nitrogens is 1. The van der Waals surface area contributed by atoms with Gasteiger partial charge in [-0.1, -0.05) is 11.6 Å². The van der Waals surface area contributed by atoms with Crippen LogP contribution in [0.1, 0.15) is 10.4 Å². The Bertz CT molecular complexity index is 788. The summed E-state index contributed by atoms with van der Waals surface area (Å²) in [5.74, 6) is -0.891. The van der Waals surface area contributed by atoms with Gasteiger partial charge in [-0.15, -0.1) is 0 Å². The molecule has 8 heteroatoms. The van der Waals surface area contributed by atoms with Crippen LogP contribution in [0.25, 0.3) is 0 Å². The average molecular weight is 327 g/mol. The van der Waals surface area contributed by atoms with Crippen LogP contribution in [0.2, 0.25) is 5.02 Å². The van der Waals surface area contributed by atoms with Gasteiger partial charge in [0.15, 0.2) is 5.03 Å². The van der Waals surface area contributed by atoms with E-state index in [1.807, 2.05) is 0 Å². The highest BCUT2D eigenvalue weighted by molar-refractivity contribution is 7.91. The molecule has 1 aromatic carbocycles. The van der Waals surface area contributed by atoms with Crippen LogP contribution in [-0.2, 0) is 9.84 Å². The maximum absolute atomic E-state index is 12.6. The van der Waals surface area contributed by atoms with Crippen LogP contribution in [0.3, 0.4) is 0 Å². The van der Waals surface area contributed by atoms with Crippen molar-refractivity contribution in [2.24, 2.45) is 5.73 Å². The molecule has 21 heavy (non-hydrogen) atoms. The van der Waals surface area contributed by atoms with Crippen molar-refractivity contribution in [1.29, 1.82) is 0 Å². The van der Waals surface area contributed by atoms with E-state index in [2.05, 4.69) is 4.98 Å². The number of nitrogens with zero attached hydrogens (tertiary/aromatic N) is 1. The zero-order chi connectivity index (χ0) is 15.6. The van der Waals surface area contributed by atoms with Crippen LogP contribution < -0.4 is 10.5 Å². The predicted molar refractivity (Wildman–Crippen MR) is 76.2 cm³/mol. The number of carbonyl (C=O) groups excluding carboxylic acids is 1. The average Bonchev–Trinajstić information content (AvgIpc) is 2.46. The molecule has 2 rings (SSSR count). The summed E-state index contributed by atoms with van der Waals surface area (Å²) in [6.45, 7) is 0. The summed E-state index contributed by atoms with van der Waals surface area (Å²) in [6.07, 6.45) is 1.23. The number of hydrogen-bond donors (Lipinski definition) is 1. The summed E-state index contributed by atoms with van der Waals surface area (Å²) in [5, 5.41) is -0.0562. The molecule has 0 aliphatic carbocycles. The number of hydrogen-bond acceptors (Lipinski definition) is 5. The molecule has 0 fully saturated rings. The van der Waals surface area contributed by atoms with E-state index < -0.39 is 20.8 Å². The molecule has 0 atom stereocenters. The van der Waals surface area contributed by atoms with Gasteiger partial charge in [0.1, 0.15) is 11.3 Å². The Morgan fingerprint density at radius 2 is 1.86 bits per heavy atom. The first kappa shape index (κ1) is 15.3. The van der Waals surface area contributed by atoms with Gasteiger partial charge in [-0.05, 0) is 30.3 Å². The lowest BCUT2D eigenvalue weighted by atomic mass is 10.2. The van der Waals surface area contributed by atoms with Gasteiger partial charge in [0.2, 0.25) is 9.84 Å². The van der Waals surface area contributed by atoms with E-state index in [4.69, 9.17) is 22.1 Å². The Labute approximate surface area is 126 Å². The van der Waals surface area contributed by atoms with E-state index in [0.29, 0.717) is 5.02 Å². The van der Waals surface area contributed by atoms with Gasteiger partial charge < -0.3 is 10.5 Å². The first-order valence-corrected chi connectivity index (χ1v) is 7.57. The van der Waals surface area contributed by atoms with Crippen LogP contribution in [0.4, 0.5) is 0 Å². The summed E-state index contributed by atoms with van der Waals surface area (Å²) in [6, 6.07) is 6.87. The number of rotatable bonds is 4. The normalized spacial score (nSPS) is 11.1. The molecule has 0 unspecified atom stereocenters. The van der Waals surface area contributed by atoms with Crippen molar-refractivity contribution in [2.75, 3.05) is 7.11 Å². The second-order valence-electron chi connectivity index (χ2n) is 4.01. The molecular weight excluding hydrogens is 316 g/mol. The summed E-state index contributed by atoms with van der Waals surface area (Å²) in [5.41, 5.74) is 4.96. The molecule has 1 amide bonds. The predicted octanol–water partition coefficient (Wildman–Crippen LogP) is 1.68. The van der Waals surface area contributed by atoms with E-state index >= 15 is 0 Å². The van der Waals surface area contributed by atoms with Gasteiger partial charge in [0.25, 0.3) is 5.91 Å². The molecule has 1 aromatic heterocycles. The molecule has 0 spiro atoms. The van der Waals surface area contributed by atoms with Crippen molar-refractivity contribution >= 4 is 27.3 Å². The van der Waals surface area contributed by atoms with E-state index in [9.17, 15) is 13.2 Å². The number of nitrogens with two attached hydrogens (primary N) is 1. The van der Waals surface area contributed by atoms with Crippen LogP contribution in [0, 0.1) is 0 Å². The number of benzene rings is 1. The fourth-order valence-electron chi connectivity index (χ4n) is 1.75. The molecule has 0 radical (unpaired) electrons. The Kier molecular flexibility index (Phi) is 4.15. The Morgan fingerprint density at radius 3 is 2.38 bits per heavy atom. The second-order valence-corrected chi connectivity index (χ2v) is 6.32. The SMILES string of the molecule is COc1ccnc(S(=O)(=O)c2ccc(Cl)cc2)c1C(N)=O. The highest BCUT2D eigenvalue weighted by Gasteiger charge is 2.28. The monoisotopic (exact) mass is 326 g/mol. The number of amides is 1. The third-order valence-corrected chi connectivity index (χ3v) is 4.69. The molecule has 6 nitrogen and oxygen atoms in total. The van der Waals surface area contributed by atoms with Crippen molar-refractivity contribution in [1.82, 2.24) is 4.98 Å². The third-order valence-electron chi connectivity index (χ3n) is 2.72. The molecule has 0 saturated heterocycles. The second kappa shape index (κ2) is 5.71. The van der Waals surface area contributed by atoms with Crippen molar-refractivity contribution in [3.05, 3.63) is 47.1 Å². The van der Waals surface area contributed by atoms with Gasteiger partial charge in [0, 0.05) is 11.2 Å². The van der Waals surface area contributed by atoms with E-state index in [1.165, 1.54) is 43.6 Å². The third kappa shape index (κ3) is 2.84. The maximum Gasteiger partial charge on any atom is 0.255 e. The lowest BCUT2D eigenvalue weighted by molar-refractivity contribution is 0.0993. The number of carbonyl (C=O) groups is 1. The van der Waals surface area contributed by atoms with Crippen molar-refractivity contribution in [3.63, 3.8) is 0 Å². The number of sulfone groups is 1. The number of ether oxygens (including phenoxy) is 1. The van der Waals surface area contributed by atoms with Crippen molar-refractivity contribution in [3.8, 4) is 5.75 Å². The first-order chi connectivity index (χ1) is 9.87. The standard InChI is InChI=1S/C13H11ClN2O4S/c1-20-10-6-7-16-13(11(10)12(15)17)21(18,19)9-4-2-8(14)3-5-9/h2-7H,1H3,(H2,15,17). The molecule has 0 bridgehead atoms. The fourth-order valence-corrected chi connectivity index (χ4v) is 3.27. The lowest BCUT2D eigenvalue weighted by Gasteiger charge is -2.11. The van der Waals surface area contributed by atoms with Crippen molar-refractivity contribution in [2.45, 2.75) is 9.92 Å². The molecule has 0 saturated carbocycles. The zero-order valence-electron chi connectivity index (χ0n) is 10.9. The van der Waals surface area contributed by atoms with Crippen LogP contribution in [0.15, 0.2) is 46.5 Å². The number of primary amides is 1. The van der Waals surface area contributed by atoms with Gasteiger partial charge in [0.05, 0.1) is 12.0 Å². The van der Waals surface area contributed by atoms with Gasteiger partial charge in [-0.2, -0.15) is 0 Å². The molecule has 2 N–H and O–H groups in total. The molecule has 1 heterocycles. The maximum atomic E-state index is 12.6. The lowest BCUT2D eigenvalue weighted by Crippen LogP contribution is -2.19. The Morgan fingerprint density at radius 1 is 1.24 bits per heavy atom. The minimum absolute atomic E-state index is 0.0462. The number of pyridine rings is 1. The summed E-state index contributed by atoms with van der Waals surface area (Å²) in [7, 11) is -2.71. The zero-order valence-corrected chi connectivity index (χ0v) is 12.5. The topological polar surface area (TPSA) is 99.3 Å². The summed E-state index contributed by atoms with van der Waals surface area (Å²) in [4.78, 5) is 15.3. The van der Waals surface area contributed by atoms with Gasteiger partial charge in [-0.25, -0.2) is 13.4 Å². The van der Waals surface area contributed by atoms with Gasteiger partial charge in [-0.3, -0.25) is 4.79 Å². The number of halogens is 1. The van der Waals surface area contributed by atoms with E-state index in [1.54, 1.807) is 0 Å². The van der Waals surface area contributed by atoms with Gasteiger partial charge >= 0.3 is 0 Å². The largest absolute Gasteiger partial charge is 0.496 e. The van der Waals surface area contributed by atoms with Crippen LogP contribution >= 0.6 is 11.6 Å². The Hall–Kier alpha value is -2.12. The van der Waals surface area contributed by atoms with Crippen LogP contribution in [-0.4, -0.2) is 26.4 Å².